The Balaban J connectivity index is 3.22. The largest absolute Gasteiger partial charge is 0.444 e. The van der Waals surface area contributed by atoms with Crippen LogP contribution in [0, 0.1) is 0 Å². The number of hydrogen-bond acceptors (Lipinski definition) is 4. The van der Waals surface area contributed by atoms with Crippen molar-refractivity contribution in [1.82, 2.24) is 4.90 Å². The van der Waals surface area contributed by atoms with E-state index >= 15 is 0 Å². The lowest BCUT2D eigenvalue weighted by Gasteiger charge is -2.42. The van der Waals surface area contributed by atoms with Crippen molar-refractivity contribution in [2.75, 3.05) is 6.61 Å². The Bertz CT molecular complexity index is 431. The summed E-state index contributed by atoms with van der Waals surface area (Å²) in [5.41, 5.74) is -5.23. The summed E-state index contributed by atoms with van der Waals surface area (Å²) in [4.78, 5) is 13.2. The molecule has 1 amide bonds. The molecule has 1 aliphatic heterocycles. The fraction of sp³-hybridized carbons (Fsp3) is 0.929. The van der Waals surface area contributed by atoms with Crippen LogP contribution in [0.25, 0.3) is 0 Å². The lowest BCUT2D eigenvalue weighted by molar-refractivity contribution is -0.278. The molecular weight excluding hydrogens is 303 g/mol. The molecule has 0 aliphatic carbocycles. The van der Waals surface area contributed by atoms with Gasteiger partial charge in [0.25, 0.3) is 0 Å². The molecule has 1 saturated heterocycles. The molecule has 2 unspecified atom stereocenters. The van der Waals surface area contributed by atoms with Gasteiger partial charge in [0.05, 0.1) is 12.6 Å². The molecular formula is C14H24F3NO4. The molecule has 5 nitrogen and oxygen atoms in total. The molecule has 8 heteroatoms. The van der Waals surface area contributed by atoms with Gasteiger partial charge in [-0.25, -0.2) is 4.79 Å². The first-order chi connectivity index (χ1) is 9.66. The van der Waals surface area contributed by atoms with E-state index in [0.29, 0.717) is 0 Å². The summed E-state index contributed by atoms with van der Waals surface area (Å²) in [5.74, 6) is 0. The number of ether oxygens (including phenoxy) is 2. The zero-order chi connectivity index (χ0) is 17.6. The van der Waals surface area contributed by atoms with Crippen LogP contribution < -0.4 is 0 Å². The normalized spacial score (nSPS) is 25.0. The Labute approximate surface area is 128 Å². The van der Waals surface area contributed by atoms with E-state index < -0.39 is 48.3 Å². The molecule has 1 rings (SSSR count). The average Bonchev–Trinajstić information content (AvgIpc) is 2.60. The standard InChI is InChI=1S/C14H24F3NO4/c1-7-13(20,14(15,16)17)9-8-21-12(5,6)18(9)10(19)22-11(2,3)4/h9,20H,7-8H2,1-6H3. The molecule has 0 aromatic carbocycles. The minimum absolute atomic E-state index is 0.421. The predicted octanol–water partition coefficient (Wildman–Crippen LogP) is 3.06. The van der Waals surface area contributed by atoms with Gasteiger partial charge in [-0.05, 0) is 41.0 Å². The van der Waals surface area contributed by atoms with Crippen molar-refractivity contribution < 1.29 is 32.5 Å². The van der Waals surface area contributed by atoms with Gasteiger partial charge in [0, 0.05) is 0 Å². The molecule has 0 aromatic rings. The molecule has 1 fully saturated rings. The highest BCUT2D eigenvalue weighted by Gasteiger charge is 2.64. The molecule has 1 heterocycles. The molecule has 0 radical (unpaired) electrons. The quantitative estimate of drug-likeness (QED) is 0.847. The van der Waals surface area contributed by atoms with Crippen LogP contribution in [0.3, 0.4) is 0 Å². The number of aliphatic hydroxyl groups is 1. The van der Waals surface area contributed by atoms with E-state index in [-0.39, 0.29) is 0 Å². The van der Waals surface area contributed by atoms with Crippen LogP contribution >= 0.6 is 0 Å². The maximum atomic E-state index is 13.3. The highest BCUT2D eigenvalue weighted by atomic mass is 19.4. The molecule has 22 heavy (non-hydrogen) atoms. The van der Waals surface area contributed by atoms with Crippen LogP contribution in [0.5, 0.6) is 0 Å². The second kappa shape index (κ2) is 5.56. The number of carbonyl (C=O) groups excluding carboxylic acids is 1. The lowest BCUT2D eigenvalue weighted by atomic mass is 9.89. The number of carbonyl (C=O) groups is 1. The van der Waals surface area contributed by atoms with Gasteiger partial charge in [0.1, 0.15) is 11.3 Å². The van der Waals surface area contributed by atoms with Crippen LogP contribution in [0.15, 0.2) is 0 Å². The van der Waals surface area contributed by atoms with Gasteiger partial charge in [-0.15, -0.1) is 0 Å². The second-order valence-electron chi connectivity index (χ2n) is 6.90. The molecule has 1 N–H and O–H groups in total. The van der Waals surface area contributed by atoms with E-state index in [1.165, 1.54) is 20.8 Å². The number of nitrogens with zero attached hydrogens (tertiary/aromatic N) is 1. The highest BCUT2D eigenvalue weighted by molar-refractivity contribution is 5.70. The van der Waals surface area contributed by atoms with Crippen molar-refractivity contribution in [3.05, 3.63) is 0 Å². The maximum Gasteiger partial charge on any atom is 0.419 e. The van der Waals surface area contributed by atoms with Crippen molar-refractivity contribution in [3.8, 4) is 0 Å². The topological polar surface area (TPSA) is 59.0 Å². The van der Waals surface area contributed by atoms with E-state index in [4.69, 9.17) is 9.47 Å². The summed E-state index contributed by atoms with van der Waals surface area (Å²) < 4.78 is 50.4. The van der Waals surface area contributed by atoms with Crippen molar-refractivity contribution in [3.63, 3.8) is 0 Å². The SMILES string of the molecule is CCC(O)(C1COC(C)(C)N1C(=O)OC(C)(C)C)C(F)(F)F. The maximum absolute atomic E-state index is 13.3. The minimum Gasteiger partial charge on any atom is -0.444 e. The molecule has 0 bridgehead atoms. The summed E-state index contributed by atoms with van der Waals surface area (Å²) in [6, 6.07) is -1.57. The van der Waals surface area contributed by atoms with Crippen molar-refractivity contribution >= 4 is 6.09 Å². The van der Waals surface area contributed by atoms with E-state index in [0.717, 1.165) is 4.90 Å². The van der Waals surface area contributed by atoms with E-state index in [9.17, 15) is 23.1 Å². The van der Waals surface area contributed by atoms with Crippen LogP contribution in [0.1, 0.15) is 48.0 Å². The Hall–Kier alpha value is -1.02. The van der Waals surface area contributed by atoms with Gasteiger partial charge in [-0.3, -0.25) is 4.90 Å². The number of alkyl halides is 3. The van der Waals surface area contributed by atoms with Gasteiger partial charge < -0.3 is 14.6 Å². The van der Waals surface area contributed by atoms with Crippen LogP contribution in [0.2, 0.25) is 0 Å². The zero-order valence-electron chi connectivity index (χ0n) is 13.7. The second-order valence-corrected chi connectivity index (χ2v) is 6.90. The summed E-state index contributed by atoms with van der Waals surface area (Å²) >= 11 is 0. The third kappa shape index (κ3) is 3.48. The van der Waals surface area contributed by atoms with Gasteiger partial charge in [-0.2, -0.15) is 13.2 Å². The third-order valence-corrected chi connectivity index (χ3v) is 3.66. The molecule has 2 atom stereocenters. The molecule has 0 spiro atoms. The summed E-state index contributed by atoms with van der Waals surface area (Å²) in [6.45, 7) is 8.55. The smallest absolute Gasteiger partial charge is 0.419 e. The highest BCUT2D eigenvalue weighted by Crippen LogP contribution is 2.43. The monoisotopic (exact) mass is 327 g/mol. The van der Waals surface area contributed by atoms with E-state index in [1.807, 2.05) is 0 Å². The first-order valence-corrected chi connectivity index (χ1v) is 7.11. The molecule has 0 aromatic heterocycles. The Kier molecular flexibility index (Phi) is 4.81. The number of rotatable bonds is 2. The number of halogens is 3. The van der Waals surface area contributed by atoms with E-state index in [1.54, 1.807) is 20.8 Å². The summed E-state index contributed by atoms with van der Waals surface area (Å²) in [6.07, 6.45) is -6.44. The fourth-order valence-corrected chi connectivity index (χ4v) is 2.44. The predicted molar refractivity (Wildman–Crippen MR) is 73.2 cm³/mol. The van der Waals surface area contributed by atoms with Crippen molar-refractivity contribution in [2.24, 2.45) is 0 Å². The number of amides is 1. The molecule has 0 saturated carbocycles. The van der Waals surface area contributed by atoms with Crippen molar-refractivity contribution in [1.29, 1.82) is 0 Å². The van der Waals surface area contributed by atoms with Crippen LogP contribution in [0.4, 0.5) is 18.0 Å². The van der Waals surface area contributed by atoms with Crippen LogP contribution in [-0.2, 0) is 9.47 Å². The first-order valence-electron chi connectivity index (χ1n) is 7.11. The van der Waals surface area contributed by atoms with E-state index in [2.05, 4.69) is 0 Å². The van der Waals surface area contributed by atoms with Gasteiger partial charge in [0.2, 0.25) is 0 Å². The summed E-state index contributed by atoms with van der Waals surface area (Å²) in [5, 5.41) is 10.2. The van der Waals surface area contributed by atoms with Gasteiger partial charge in [-0.1, -0.05) is 6.92 Å². The Morgan fingerprint density at radius 2 is 1.86 bits per heavy atom. The van der Waals surface area contributed by atoms with Gasteiger partial charge >= 0.3 is 12.3 Å². The Morgan fingerprint density at radius 1 is 1.36 bits per heavy atom. The first kappa shape index (κ1) is 19.0. The zero-order valence-corrected chi connectivity index (χ0v) is 13.7. The lowest BCUT2D eigenvalue weighted by Crippen LogP contribution is -2.63. The molecule has 1 aliphatic rings. The fourth-order valence-electron chi connectivity index (χ4n) is 2.44. The molecule has 130 valence electrons. The Morgan fingerprint density at radius 3 is 2.23 bits per heavy atom. The van der Waals surface area contributed by atoms with Gasteiger partial charge in [0.15, 0.2) is 5.60 Å². The third-order valence-electron chi connectivity index (χ3n) is 3.66. The average molecular weight is 327 g/mol. The summed E-state index contributed by atoms with van der Waals surface area (Å²) in [7, 11) is 0. The van der Waals surface area contributed by atoms with Crippen molar-refractivity contribution in [2.45, 2.75) is 77.1 Å². The minimum atomic E-state index is -4.89. The number of hydrogen-bond donors (Lipinski definition) is 1. The van der Waals surface area contributed by atoms with Crippen LogP contribution in [-0.4, -0.2) is 51.9 Å².